The van der Waals surface area contributed by atoms with Crippen LogP contribution in [0.5, 0.6) is 0 Å². The van der Waals surface area contributed by atoms with Gasteiger partial charge in [-0.1, -0.05) is 74.5 Å². The molecule has 2 aromatic carbocycles. The van der Waals surface area contributed by atoms with Gasteiger partial charge in [0.25, 0.3) is 5.92 Å². The van der Waals surface area contributed by atoms with Gasteiger partial charge in [0.05, 0.1) is 24.0 Å². The molecule has 2 heterocycles. The molecule has 5 unspecified atom stereocenters. The van der Waals surface area contributed by atoms with Gasteiger partial charge in [-0.2, -0.15) is 0 Å². The summed E-state index contributed by atoms with van der Waals surface area (Å²) in [7, 11) is 0. The minimum atomic E-state index is -3.24. The lowest BCUT2D eigenvalue weighted by molar-refractivity contribution is -0.225. The molecule has 2 aromatic rings. The molecule has 55 heavy (non-hydrogen) atoms. The van der Waals surface area contributed by atoms with Crippen molar-refractivity contribution in [3.63, 3.8) is 0 Å². The number of likely N-dealkylation sites (tertiary alicyclic amines) is 2. The zero-order chi connectivity index (χ0) is 40.3. The lowest BCUT2D eigenvalue weighted by Gasteiger charge is -2.57. The predicted molar refractivity (Wildman–Crippen MR) is 205 cm³/mol. The summed E-state index contributed by atoms with van der Waals surface area (Å²) in [6, 6.07) is 13.3. The topological polar surface area (TPSA) is 206 Å². The summed E-state index contributed by atoms with van der Waals surface area (Å²) in [5, 5.41) is 8.41. The Kier molecular flexibility index (Phi) is 15.3. The van der Waals surface area contributed by atoms with E-state index < -0.39 is 77.6 Å². The van der Waals surface area contributed by atoms with E-state index in [-0.39, 0.29) is 57.7 Å². The van der Waals surface area contributed by atoms with Crippen molar-refractivity contribution in [2.45, 2.75) is 102 Å². The normalized spacial score (nSPS) is 18.7. The molecule has 0 radical (unpaired) electrons. The van der Waals surface area contributed by atoms with E-state index in [1.54, 1.807) is 0 Å². The van der Waals surface area contributed by atoms with Crippen LogP contribution in [0.15, 0.2) is 60.7 Å². The van der Waals surface area contributed by atoms with Gasteiger partial charge in [-0.25, -0.2) is 8.78 Å². The number of nitrogens with two attached hydrogens (primary N) is 3. The summed E-state index contributed by atoms with van der Waals surface area (Å²) >= 11 is 0. The summed E-state index contributed by atoms with van der Waals surface area (Å²) in [4.78, 5) is 69.8. The number of rotatable bonds is 18. The molecule has 302 valence electrons. The number of hydrogen-bond acceptors (Lipinski definition) is 8. The maximum atomic E-state index is 15.5. The fraction of sp³-hybridized carbons (Fsp3) is 0.575. The van der Waals surface area contributed by atoms with E-state index in [1.165, 1.54) is 11.8 Å². The maximum Gasteiger partial charge on any atom is 0.274 e. The first-order valence-electron chi connectivity index (χ1n) is 19.2. The number of nitrogens with zero attached hydrogens (tertiary/aromatic N) is 2. The number of halogens is 2. The van der Waals surface area contributed by atoms with E-state index in [9.17, 15) is 24.0 Å². The Labute approximate surface area is 322 Å². The van der Waals surface area contributed by atoms with Crippen LogP contribution in [0.3, 0.4) is 0 Å². The highest BCUT2D eigenvalue weighted by Crippen LogP contribution is 2.50. The highest BCUT2D eigenvalue weighted by molar-refractivity contribution is 5.95. The van der Waals surface area contributed by atoms with Crippen LogP contribution < -0.4 is 33.2 Å². The molecule has 5 atom stereocenters. The number of piperidine rings is 1. The molecule has 0 aliphatic carbocycles. The Morgan fingerprint density at radius 1 is 0.709 bits per heavy atom. The van der Waals surface area contributed by atoms with E-state index in [1.807, 2.05) is 74.5 Å². The van der Waals surface area contributed by atoms with Crippen LogP contribution in [-0.2, 0) is 36.8 Å². The fourth-order valence-corrected chi connectivity index (χ4v) is 7.24. The van der Waals surface area contributed by atoms with Gasteiger partial charge < -0.3 is 43.0 Å². The van der Waals surface area contributed by atoms with Crippen LogP contribution in [0.25, 0.3) is 0 Å². The van der Waals surface area contributed by atoms with Crippen LogP contribution in [-0.4, -0.2) is 108 Å². The third kappa shape index (κ3) is 11.5. The zero-order valence-electron chi connectivity index (χ0n) is 32.1. The van der Waals surface area contributed by atoms with Crippen molar-refractivity contribution < 1.29 is 32.8 Å². The van der Waals surface area contributed by atoms with Crippen molar-refractivity contribution in [1.82, 2.24) is 25.8 Å². The molecular weight excluding hydrogens is 710 g/mol. The number of carbonyl (C=O) groups excluding carboxylic acids is 5. The molecule has 1 spiro atoms. The fourth-order valence-electron chi connectivity index (χ4n) is 7.24. The van der Waals surface area contributed by atoms with Gasteiger partial charge in [-0.15, -0.1) is 0 Å². The molecule has 15 heteroatoms. The molecule has 2 saturated heterocycles. The first-order chi connectivity index (χ1) is 26.1. The van der Waals surface area contributed by atoms with E-state index in [0.717, 1.165) is 16.0 Å². The standard InChI is InChI=1S/C40H58F2N8O5/c1-26(2)20-32(48-36(53)33(22-29-14-8-5-9-15-29)47-34(51)30(45)21-28-12-6-4-7-13-28)35(52)46-31(16-10-11-18-43)38(55)50-23-39(24-50)17-19-49(25-40(39,41)42)37(54)27(3)44/h4-9,12-15,26-27,30-33H,10-11,16-25,43-45H2,1-3H3,(H,46,52)(H,47,51)(H,48,53). The highest BCUT2D eigenvalue weighted by Gasteiger charge is 2.64. The second kappa shape index (κ2) is 19.4. The number of benzene rings is 2. The van der Waals surface area contributed by atoms with Crippen LogP contribution >= 0.6 is 0 Å². The van der Waals surface area contributed by atoms with Gasteiger partial charge in [0.15, 0.2) is 0 Å². The molecule has 2 aliphatic rings. The second-order valence-corrected chi connectivity index (χ2v) is 15.6. The lowest BCUT2D eigenvalue weighted by Crippen LogP contribution is -2.73. The number of hydrogen-bond donors (Lipinski definition) is 6. The highest BCUT2D eigenvalue weighted by atomic mass is 19.3. The molecule has 0 aromatic heterocycles. The summed E-state index contributed by atoms with van der Waals surface area (Å²) in [6.07, 6.45) is 1.89. The van der Waals surface area contributed by atoms with Crippen molar-refractivity contribution in [1.29, 1.82) is 0 Å². The second-order valence-electron chi connectivity index (χ2n) is 15.6. The summed E-state index contributed by atoms with van der Waals surface area (Å²) in [6.45, 7) is 4.48. The van der Waals surface area contributed by atoms with Crippen LogP contribution in [0.2, 0.25) is 0 Å². The van der Waals surface area contributed by atoms with Gasteiger partial charge in [0.2, 0.25) is 29.5 Å². The Morgan fingerprint density at radius 3 is 1.80 bits per heavy atom. The van der Waals surface area contributed by atoms with E-state index in [2.05, 4.69) is 16.0 Å². The maximum absolute atomic E-state index is 15.5. The van der Waals surface area contributed by atoms with E-state index in [4.69, 9.17) is 17.2 Å². The first kappa shape index (κ1) is 43.3. The predicted octanol–water partition coefficient (Wildman–Crippen LogP) is 1.47. The van der Waals surface area contributed by atoms with Gasteiger partial charge in [-0.05, 0) is 69.0 Å². The Bertz CT molecular complexity index is 1610. The average Bonchev–Trinajstić information content (AvgIpc) is 3.12. The van der Waals surface area contributed by atoms with Crippen molar-refractivity contribution in [3.8, 4) is 0 Å². The summed E-state index contributed by atoms with van der Waals surface area (Å²) in [5.74, 6) is -6.08. The minimum absolute atomic E-state index is 0.00672. The quantitative estimate of drug-likeness (QED) is 0.122. The summed E-state index contributed by atoms with van der Waals surface area (Å²) in [5.41, 5.74) is 17.8. The minimum Gasteiger partial charge on any atom is -0.343 e. The number of nitrogens with one attached hydrogen (secondary N) is 3. The first-order valence-corrected chi connectivity index (χ1v) is 19.2. The molecule has 2 fully saturated rings. The smallest absolute Gasteiger partial charge is 0.274 e. The Balaban J connectivity index is 1.47. The van der Waals surface area contributed by atoms with Gasteiger partial charge in [0, 0.05) is 26.1 Å². The van der Waals surface area contributed by atoms with E-state index in [0.29, 0.717) is 19.4 Å². The van der Waals surface area contributed by atoms with Crippen LogP contribution in [0, 0.1) is 11.3 Å². The summed E-state index contributed by atoms with van der Waals surface area (Å²) < 4.78 is 31.0. The van der Waals surface area contributed by atoms with Gasteiger partial charge >= 0.3 is 0 Å². The monoisotopic (exact) mass is 768 g/mol. The van der Waals surface area contributed by atoms with Crippen molar-refractivity contribution in [2.75, 3.05) is 32.7 Å². The molecule has 4 rings (SSSR count). The molecule has 5 amide bonds. The Hall–Kier alpha value is -4.47. The molecule has 0 bridgehead atoms. The van der Waals surface area contributed by atoms with Crippen molar-refractivity contribution in [2.24, 2.45) is 28.5 Å². The lowest BCUT2D eigenvalue weighted by atomic mass is 9.68. The molecule has 9 N–H and O–H groups in total. The van der Waals surface area contributed by atoms with Crippen molar-refractivity contribution >= 4 is 29.5 Å². The van der Waals surface area contributed by atoms with Crippen molar-refractivity contribution in [3.05, 3.63) is 71.8 Å². The van der Waals surface area contributed by atoms with Gasteiger partial charge in [0.1, 0.15) is 18.1 Å². The number of unbranched alkanes of at least 4 members (excludes halogenated alkanes) is 1. The van der Waals surface area contributed by atoms with Crippen LogP contribution in [0.1, 0.15) is 64.0 Å². The zero-order valence-corrected chi connectivity index (χ0v) is 32.1. The SMILES string of the molecule is CC(C)CC(NC(=O)C(Cc1ccccc1)NC(=O)C(N)Cc1ccccc1)C(=O)NC(CCCCN)C(=O)N1CC2(CCN(C(=O)C(C)N)CC2(F)F)C1. The van der Waals surface area contributed by atoms with Gasteiger partial charge in [-0.3, -0.25) is 24.0 Å². The molecular formula is C40H58F2N8O5. The average molecular weight is 769 g/mol. The number of amides is 5. The number of carbonyl (C=O) groups is 5. The molecule has 13 nitrogen and oxygen atoms in total. The molecule has 0 saturated carbocycles. The Morgan fingerprint density at radius 2 is 1.25 bits per heavy atom. The molecule has 2 aliphatic heterocycles. The number of alkyl halides is 2. The van der Waals surface area contributed by atoms with Crippen LogP contribution in [0.4, 0.5) is 8.78 Å². The largest absolute Gasteiger partial charge is 0.343 e. The third-order valence-corrected chi connectivity index (χ3v) is 10.5. The van der Waals surface area contributed by atoms with E-state index >= 15 is 8.78 Å². The third-order valence-electron chi connectivity index (χ3n) is 10.5.